The average molecular weight is 743 g/mol. The first kappa shape index (κ1) is 35.6. The second-order valence-corrected chi connectivity index (χ2v) is 13.6. The van der Waals surface area contributed by atoms with E-state index in [9.17, 15) is 0 Å². The summed E-state index contributed by atoms with van der Waals surface area (Å²) in [6.07, 6.45) is 0. The van der Waals surface area contributed by atoms with Crippen molar-refractivity contribution in [3.63, 3.8) is 0 Å². The van der Waals surface area contributed by atoms with Crippen molar-refractivity contribution in [1.82, 2.24) is 0 Å². The Morgan fingerprint density at radius 1 is 0.298 bits per heavy atom. The van der Waals surface area contributed by atoms with Gasteiger partial charge in [0.05, 0.1) is 0 Å². The highest BCUT2D eigenvalue weighted by Gasteiger charge is 2.65. The molecule has 0 aliphatic carbocycles. The molecule has 0 unspecified atom stereocenters. The van der Waals surface area contributed by atoms with Gasteiger partial charge in [0.25, 0.3) is 0 Å². The van der Waals surface area contributed by atoms with Crippen molar-refractivity contribution in [2.75, 3.05) is 0 Å². The van der Waals surface area contributed by atoms with Crippen LogP contribution in [0.1, 0.15) is 33.4 Å². The molecule has 0 saturated carbocycles. The largest absolute Gasteiger partial charge is 0.500 e. The second-order valence-electron chi connectivity index (χ2n) is 13.6. The van der Waals surface area contributed by atoms with Crippen molar-refractivity contribution < 1.29 is 9.31 Å². The van der Waals surface area contributed by atoms with Gasteiger partial charge in [0.15, 0.2) is 0 Å². The number of benzene rings is 7. The first-order chi connectivity index (χ1) is 28.2. The highest BCUT2D eigenvalue weighted by Crippen LogP contribution is 2.55. The van der Waals surface area contributed by atoms with Crippen LogP contribution in [0.3, 0.4) is 0 Å². The van der Waals surface area contributed by atoms with E-state index in [1.165, 1.54) is 0 Å². The van der Waals surface area contributed by atoms with E-state index >= 15 is 0 Å². The molecule has 0 N–H and O–H groups in total. The van der Waals surface area contributed by atoms with Crippen LogP contribution >= 0.6 is 0 Å². The van der Waals surface area contributed by atoms with Crippen LogP contribution in [0.15, 0.2) is 254 Å². The minimum atomic E-state index is -1.87. The quantitative estimate of drug-likeness (QED) is 0.0864. The molecule has 2 heterocycles. The summed E-state index contributed by atoms with van der Waals surface area (Å²) in [5.41, 5.74) is 3.19. The molecule has 2 aliphatic rings. The first-order valence-electron chi connectivity index (χ1n) is 18.6. The smallest absolute Gasteiger partial charge is 0.361 e. The molecular weight excluding hydrogens is 707 g/mol. The molecule has 0 spiro atoms. The standard InChI is InChI=1S/C46H35BN8O2/c1-8-22-36(23-9-1)43(37-24-10-2-11-25-37,38-26-12-3-13-27-38)45(48-52-53-49-45)56-47(42-34-20-7-21-35-42)57-46(50-54-55-51-46)44(39-28-14-4-15-29-39,40-30-16-5-17-31-40)41-32-18-6-19-33-41/h1-35H. The van der Waals surface area contributed by atoms with E-state index in [2.05, 4.69) is 20.9 Å². The summed E-state index contributed by atoms with van der Waals surface area (Å²) in [4.78, 5) is 0. The van der Waals surface area contributed by atoms with Crippen molar-refractivity contribution in [2.45, 2.75) is 22.5 Å². The lowest BCUT2D eigenvalue weighted by Crippen LogP contribution is -2.61. The summed E-state index contributed by atoms with van der Waals surface area (Å²) in [6.45, 7) is 0. The predicted molar refractivity (Wildman–Crippen MR) is 217 cm³/mol. The lowest BCUT2D eigenvalue weighted by molar-refractivity contribution is -0.0394. The highest BCUT2D eigenvalue weighted by atomic mass is 16.6. The molecule has 9 rings (SSSR count). The Labute approximate surface area is 330 Å². The molecule has 7 aromatic rings. The van der Waals surface area contributed by atoms with Crippen LogP contribution in [-0.2, 0) is 20.1 Å². The molecule has 2 aliphatic heterocycles. The van der Waals surface area contributed by atoms with Gasteiger partial charge in [-0.25, -0.2) is 0 Å². The van der Waals surface area contributed by atoms with E-state index in [0.29, 0.717) is 5.46 Å². The maximum absolute atomic E-state index is 7.46. The maximum Gasteiger partial charge on any atom is 0.500 e. The van der Waals surface area contributed by atoms with Gasteiger partial charge in [0.1, 0.15) is 10.8 Å². The molecule has 0 amide bonds. The van der Waals surface area contributed by atoms with Gasteiger partial charge < -0.3 is 9.31 Å². The highest BCUT2D eigenvalue weighted by molar-refractivity contribution is 6.61. The summed E-state index contributed by atoms with van der Waals surface area (Å²) in [5, 5.41) is 36.1. The van der Waals surface area contributed by atoms with E-state index in [4.69, 9.17) is 29.8 Å². The van der Waals surface area contributed by atoms with Gasteiger partial charge in [-0.1, -0.05) is 212 Å². The molecule has 0 radical (unpaired) electrons. The monoisotopic (exact) mass is 742 g/mol. The van der Waals surface area contributed by atoms with Crippen LogP contribution in [0.2, 0.25) is 0 Å². The number of hydrogen-bond donors (Lipinski definition) is 0. The third-order valence-corrected chi connectivity index (χ3v) is 10.6. The van der Waals surface area contributed by atoms with E-state index in [0.717, 1.165) is 33.4 Å². The number of nitrogens with zero attached hydrogens (tertiary/aromatic N) is 8. The van der Waals surface area contributed by atoms with Crippen LogP contribution in [0.25, 0.3) is 0 Å². The zero-order chi connectivity index (χ0) is 38.4. The molecule has 10 nitrogen and oxygen atoms in total. The Hall–Kier alpha value is -7.08. The van der Waals surface area contributed by atoms with E-state index in [1.54, 1.807) is 0 Å². The fourth-order valence-electron chi connectivity index (χ4n) is 8.26. The van der Waals surface area contributed by atoms with Crippen LogP contribution < -0.4 is 5.46 Å². The third kappa shape index (κ3) is 5.92. The maximum atomic E-state index is 7.46. The predicted octanol–water partition coefficient (Wildman–Crippen LogP) is 10.5. The Bertz CT molecular complexity index is 2150. The minimum Gasteiger partial charge on any atom is -0.361 e. The topological polar surface area (TPSA) is 117 Å². The second kappa shape index (κ2) is 15.2. The fourth-order valence-corrected chi connectivity index (χ4v) is 8.26. The Kier molecular flexibility index (Phi) is 9.51. The van der Waals surface area contributed by atoms with Crippen LogP contribution in [0, 0.1) is 0 Å². The normalized spacial score (nSPS) is 15.2. The lowest BCUT2D eigenvalue weighted by Gasteiger charge is -2.47. The van der Waals surface area contributed by atoms with E-state index in [1.807, 2.05) is 212 Å². The average Bonchev–Trinajstić information content (AvgIpc) is 3.98. The molecule has 11 heteroatoms. The molecule has 0 atom stereocenters. The third-order valence-electron chi connectivity index (χ3n) is 10.6. The Morgan fingerprint density at radius 3 is 0.737 bits per heavy atom. The Balaban J connectivity index is 1.32. The van der Waals surface area contributed by atoms with Gasteiger partial charge in [-0.3, -0.25) is 0 Å². The molecule has 0 bridgehead atoms. The summed E-state index contributed by atoms with van der Waals surface area (Å²) < 4.78 is 14.9. The van der Waals surface area contributed by atoms with Gasteiger partial charge in [-0.05, 0) is 59.7 Å². The van der Waals surface area contributed by atoms with Gasteiger partial charge in [-0.2, -0.15) is 0 Å². The van der Waals surface area contributed by atoms with Crippen LogP contribution in [0.5, 0.6) is 0 Å². The number of rotatable bonds is 13. The summed E-state index contributed by atoms with van der Waals surface area (Å²) >= 11 is 0. The zero-order valence-corrected chi connectivity index (χ0v) is 30.7. The van der Waals surface area contributed by atoms with Crippen molar-refractivity contribution in [1.29, 1.82) is 0 Å². The Morgan fingerprint density at radius 2 is 0.509 bits per heavy atom. The molecule has 7 aromatic carbocycles. The van der Waals surface area contributed by atoms with Crippen LogP contribution in [-0.4, -0.2) is 18.8 Å². The van der Waals surface area contributed by atoms with Crippen molar-refractivity contribution in [2.24, 2.45) is 41.4 Å². The van der Waals surface area contributed by atoms with E-state index < -0.39 is 29.6 Å². The van der Waals surface area contributed by atoms with Gasteiger partial charge in [-0.15, -0.1) is 20.5 Å². The number of hydrogen-bond acceptors (Lipinski definition) is 10. The molecule has 0 aromatic heterocycles. The van der Waals surface area contributed by atoms with Crippen molar-refractivity contribution in [3.05, 3.63) is 246 Å². The van der Waals surface area contributed by atoms with Gasteiger partial charge >= 0.3 is 18.8 Å². The lowest BCUT2D eigenvalue weighted by atomic mass is 9.63. The van der Waals surface area contributed by atoms with Gasteiger partial charge in [0, 0.05) is 0 Å². The fraction of sp³-hybridized carbons (Fsp3) is 0.0870. The SMILES string of the molecule is c1ccc(B(OC2(C(c3ccccc3)(c3ccccc3)c3ccccc3)N=NN=N2)OC2(C(c3ccccc3)(c3ccccc3)c3ccccc3)N=NN=N2)cc1. The molecule has 274 valence electrons. The van der Waals surface area contributed by atoms with Crippen molar-refractivity contribution in [3.8, 4) is 0 Å². The van der Waals surface area contributed by atoms with Gasteiger partial charge in [0.2, 0.25) is 0 Å². The summed E-state index contributed by atoms with van der Waals surface area (Å²) in [5.74, 6) is -3.75. The van der Waals surface area contributed by atoms with Crippen LogP contribution in [0.4, 0.5) is 0 Å². The zero-order valence-electron chi connectivity index (χ0n) is 30.7. The first-order valence-corrected chi connectivity index (χ1v) is 18.6. The van der Waals surface area contributed by atoms with E-state index in [-0.39, 0.29) is 0 Å². The molecular formula is C46H35BN8O2. The molecule has 0 saturated heterocycles. The molecule has 57 heavy (non-hydrogen) atoms. The molecule has 0 fully saturated rings. The van der Waals surface area contributed by atoms with Crippen molar-refractivity contribution >= 4 is 12.6 Å². The minimum absolute atomic E-state index is 0.636. The summed E-state index contributed by atoms with van der Waals surface area (Å²) in [6, 6.07) is 69.8. The summed E-state index contributed by atoms with van der Waals surface area (Å²) in [7, 11) is -1.27.